The first-order valence-corrected chi connectivity index (χ1v) is 12.7. The highest BCUT2D eigenvalue weighted by atomic mass is 17.4. The molecule has 2 aliphatic heterocycles. The van der Waals surface area contributed by atoms with Crippen LogP contribution in [0.4, 0.5) is 0 Å². The van der Waals surface area contributed by atoms with Gasteiger partial charge in [0.1, 0.15) is 0 Å². The van der Waals surface area contributed by atoms with Crippen molar-refractivity contribution in [3.05, 3.63) is 34.9 Å². The minimum absolute atomic E-state index is 0.533. The molecule has 6 heteroatoms. The summed E-state index contributed by atoms with van der Waals surface area (Å²) in [5.74, 6) is -0.336. The fourth-order valence-electron chi connectivity index (χ4n) is 5.86. The Morgan fingerprint density at radius 3 is 2.28 bits per heavy atom. The average molecular weight is 445 g/mol. The summed E-state index contributed by atoms with van der Waals surface area (Å²) in [6.45, 7) is 10.2. The molecule has 32 heavy (non-hydrogen) atoms. The summed E-state index contributed by atoms with van der Waals surface area (Å²) in [6, 6.07) is 7.07. The predicted octanol–water partition coefficient (Wildman–Crippen LogP) is 4.91. The molecule has 4 fully saturated rings. The number of hydrogen-bond donors (Lipinski definition) is 0. The number of hydrogen-bond acceptors (Lipinski definition) is 6. The van der Waals surface area contributed by atoms with Crippen LogP contribution in [0.3, 0.4) is 0 Å². The van der Waals surface area contributed by atoms with E-state index in [1.165, 1.54) is 23.1 Å². The summed E-state index contributed by atoms with van der Waals surface area (Å²) in [5.41, 5.74) is 4.31. The van der Waals surface area contributed by atoms with Crippen molar-refractivity contribution in [1.29, 1.82) is 0 Å². The van der Waals surface area contributed by atoms with Crippen molar-refractivity contribution in [2.24, 2.45) is 5.92 Å². The van der Waals surface area contributed by atoms with Crippen LogP contribution in [0.5, 0.6) is 0 Å². The Hall–Kier alpha value is -1.02. The standard InChI is InChI=1S/C26H40N2O4/c1-20-5-4-10-26(18-20)31-29-25(30-32-26)11-8-22(9-12-25)23-7-6-21(2)24(17-23)19-28-15-13-27(3)14-16-28/h6-7,17,20,22H,4-5,8-16,18-19H2,1-3H3. The summed E-state index contributed by atoms with van der Waals surface area (Å²) in [7, 11) is 2.21. The van der Waals surface area contributed by atoms with Crippen molar-refractivity contribution in [3.63, 3.8) is 0 Å². The van der Waals surface area contributed by atoms with Crippen LogP contribution in [0, 0.1) is 12.8 Å². The van der Waals surface area contributed by atoms with Crippen molar-refractivity contribution >= 4 is 0 Å². The van der Waals surface area contributed by atoms with E-state index in [0.717, 1.165) is 77.7 Å². The first-order chi connectivity index (χ1) is 15.4. The molecule has 1 atom stereocenters. The third kappa shape index (κ3) is 4.91. The van der Waals surface area contributed by atoms with Crippen LogP contribution in [-0.4, -0.2) is 54.6 Å². The van der Waals surface area contributed by atoms with E-state index in [4.69, 9.17) is 19.6 Å². The molecule has 4 aliphatic rings. The van der Waals surface area contributed by atoms with Gasteiger partial charge in [-0.15, -0.1) is 0 Å². The van der Waals surface area contributed by atoms with E-state index in [9.17, 15) is 0 Å². The van der Waals surface area contributed by atoms with Gasteiger partial charge in [-0.25, -0.2) is 0 Å². The summed E-state index contributed by atoms with van der Waals surface area (Å²) in [5, 5.41) is 0. The maximum absolute atomic E-state index is 5.93. The number of likely N-dealkylation sites (N-methyl/N-ethyl adjacent to an activating group) is 1. The molecule has 2 saturated carbocycles. The first kappa shape index (κ1) is 22.8. The lowest BCUT2D eigenvalue weighted by Gasteiger charge is -2.47. The van der Waals surface area contributed by atoms with E-state index >= 15 is 0 Å². The number of benzene rings is 1. The molecule has 2 heterocycles. The summed E-state index contributed by atoms with van der Waals surface area (Å²) >= 11 is 0. The molecule has 0 aromatic heterocycles. The lowest BCUT2D eigenvalue weighted by molar-refractivity contribution is -0.663. The van der Waals surface area contributed by atoms with Crippen LogP contribution in [0.1, 0.15) is 80.9 Å². The monoisotopic (exact) mass is 444 g/mol. The van der Waals surface area contributed by atoms with Crippen molar-refractivity contribution in [1.82, 2.24) is 9.80 Å². The van der Waals surface area contributed by atoms with E-state index in [1.54, 1.807) is 0 Å². The molecular formula is C26H40N2O4. The highest BCUT2D eigenvalue weighted by molar-refractivity contribution is 5.33. The van der Waals surface area contributed by atoms with Crippen LogP contribution in [-0.2, 0) is 26.1 Å². The molecule has 0 bridgehead atoms. The minimum atomic E-state index is -0.740. The van der Waals surface area contributed by atoms with Gasteiger partial charge in [-0.05, 0) is 61.8 Å². The fraction of sp³-hybridized carbons (Fsp3) is 0.769. The van der Waals surface area contributed by atoms with Crippen molar-refractivity contribution < 1.29 is 19.6 Å². The zero-order valence-electron chi connectivity index (χ0n) is 20.1. The Morgan fingerprint density at radius 1 is 0.906 bits per heavy atom. The van der Waals surface area contributed by atoms with Gasteiger partial charge in [0, 0.05) is 58.4 Å². The van der Waals surface area contributed by atoms with Crippen molar-refractivity contribution in [2.75, 3.05) is 33.2 Å². The van der Waals surface area contributed by atoms with E-state index < -0.39 is 11.6 Å². The van der Waals surface area contributed by atoms with Gasteiger partial charge in [-0.2, -0.15) is 19.6 Å². The zero-order chi connectivity index (χ0) is 22.2. The third-order valence-electron chi connectivity index (χ3n) is 8.19. The molecule has 0 amide bonds. The number of piperazine rings is 1. The predicted molar refractivity (Wildman–Crippen MR) is 123 cm³/mol. The first-order valence-electron chi connectivity index (χ1n) is 12.7. The quantitative estimate of drug-likeness (QED) is 0.617. The molecule has 0 N–H and O–H groups in total. The van der Waals surface area contributed by atoms with Gasteiger partial charge >= 0.3 is 0 Å². The number of nitrogens with zero attached hydrogens (tertiary/aromatic N) is 2. The Labute approximate surface area is 193 Å². The largest absolute Gasteiger partial charge is 0.304 e. The second kappa shape index (κ2) is 9.32. The fourth-order valence-corrected chi connectivity index (χ4v) is 5.86. The van der Waals surface area contributed by atoms with Gasteiger partial charge in [0.2, 0.25) is 11.6 Å². The molecule has 2 saturated heterocycles. The van der Waals surface area contributed by atoms with Gasteiger partial charge in [0.15, 0.2) is 0 Å². The van der Waals surface area contributed by atoms with E-state index in [-0.39, 0.29) is 0 Å². The van der Waals surface area contributed by atoms with Gasteiger partial charge in [-0.1, -0.05) is 31.5 Å². The maximum Gasteiger partial charge on any atom is 0.234 e. The minimum Gasteiger partial charge on any atom is -0.304 e. The second-order valence-corrected chi connectivity index (χ2v) is 10.9. The van der Waals surface area contributed by atoms with E-state index in [1.807, 2.05) is 0 Å². The SMILES string of the molecule is Cc1ccc(C2CCC3(CC2)OOC2(CCCC(C)C2)OO3)cc1CN1CCN(C)CC1. The molecular weight excluding hydrogens is 404 g/mol. The molecule has 1 aromatic rings. The molecule has 0 radical (unpaired) electrons. The lowest BCUT2D eigenvalue weighted by atomic mass is 9.80. The molecule has 1 unspecified atom stereocenters. The smallest absolute Gasteiger partial charge is 0.234 e. The molecule has 2 aliphatic carbocycles. The molecule has 5 rings (SSSR count). The van der Waals surface area contributed by atoms with Gasteiger partial charge in [0.05, 0.1) is 0 Å². The molecule has 6 nitrogen and oxygen atoms in total. The highest BCUT2D eigenvalue weighted by Gasteiger charge is 2.51. The number of rotatable bonds is 3. The number of aryl methyl sites for hydroxylation is 1. The van der Waals surface area contributed by atoms with Gasteiger partial charge < -0.3 is 4.90 Å². The lowest BCUT2D eigenvalue weighted by Crippen LogP contribution is -2.53. The van der Waals surface area contributed by atoms with E-state index in [0.29, 0.717) is 11.8 Å². The van der Waals surface area contributed by atoms with Crippen LogP contribution in [0.2, 0.25) is 0 Å². The van der Waals surface area contributed by atoms with E-state index in [2.05, 4.69) is 48.9 Å². The van der Waals surface area contributed by atoms with Gasteiger partial charge in [0.25, 0.3) is 0 Å². The van der Waals surface area contributed by atoms with Crippen LogP contribution in [0.25, 0.3) is 0 Å². The molecule has 2 spiro atoms. The van der Waals surface area contributed by atoms with Crippen LogP contribution >= 0.6 is 0 Å². The Morgan fingerprint density at radius 2 is 1.59 bits per heavy atom. The Bertz CT molecular complexity index is 774. The van der Waals surface area contributed by atoms with Crippen molar-refractivity contribution in [3.8, 4) is 0 Å². The third-order valence-corrected chi connectivity index (χ3v) is 8.19. The Balaban J connectivity index is 1.18. The maximum atomic E-state index is 5.93. The van der Waals surface area contributed by atoms with Gasteiger partial charge in [-0.3, -0.25) is 4.90 Å². The summed E-state index contributed by atoms with van der Waals surface area (Å²) in [4.78, 5) is 28.6. The molecule has 178 valence electrons. The second-order valence-electron chi connectivity index (χ2n) is 10.9. The molecule has 1 aromatic carbocycles. The summed E-state index contributed by atoms with van der Waals surface area (Å²) < 4.78 is 0. The zero-order valence-corrected chi connectivity index (χ0v) is 20.1. The Kier molecular flexibility index (Phi) is 6.63. The van der Waals surface area contributed by atoms with Crippen LogP contribution in [0.15, 0.2) is 18.2 Å². The topological polar surface area (TPSA) is 43.4 Å². The van der Waals surface area contributed by atoms with Crippen molar-refractivity contribution in [2.45, 2.75) is 89.3 Å². The normalized spacial score (nSPS) is 37.2. The summed E-state index contributed by atoms with van der Waals surface area (Å²) in [6.07, 6.45) is 7.62. The average Bonchev–Trinajstić information content (AvgIpc) is 2.80. The van der Waals surface area contributed by atoms with Crippen LogP contribution < -0.4 is 0 Å². The highest BCUT2D eigenvalue weighted by Crippen LogP contribution is 2.47.